The smallest absolute Gasteiger partial charge is 0.387 e. The third-order valence-electron chi connectivity index (χ3n) is 5.65. The lowest BCUT2D eigenvalue weighted by atomic mass is 10.0. The highest BCUT2D eigenvalue weighted by molar-refractivity contribution is 5.86. The Morgan fingerprint density at radius 2 is 1.89 bits per heavy atom. The van der Waals surface area contributed by atoms with Crippen LogP contribution in [0.4, 0.5) is 24.5 Å². The van der Waals surface area contributed by atoms with Gasteiger partial charge < -0.3 is 26.0 Å². The van der Waals surface area contributed by atoms with E-state index in [0.29, 0.717) is 16.8 Å². The first-order valence-electron chi connectivity index (χ1n) is 11.5. The van der Waals surface area contributed by atoms with Crippen molar-refractivity contribution in [2.24, 2.45) is 0 Å². The molecule has 0 bridgehead atoms. The number of hydrogen-bond donors (Lipinski definition) is 3. The van der Waals surface area contributed by atoms with Crippen molar-refractivity contribution in [3.63, 3.8) is 0 Å². The number of rotatable bonds is 11. The minimum Gasteiger partial charge on any atom is -0.431 e. The van der Waals surface area contributed by atoms with Crippen molar-refractivity contribution in [2.45, 2.75) is 25.6 Å². The summed E-state index contributed by atoms with van der Waals surface area (Å²) >= 11 is 0. The van der Waals surface area contributed by atoms with Gasteiger partial charge >= 0.3 is 6.61 Å². The number of halogens is 3. The van der Waals surface area contributed by atoms with Crippen LogP contribution in [0, 0.1) is 17.1 Å². The molecule has 4 N–H and O–H groups in total. The number of nitrogens with one attached hydrogen (secondary N) is 2. The fraction of sp³-hybridized carbons (Fsp3) is 0.259. The lowest BCUT2D eigenvalue weighted by Gasteiger charge is -2.27. The first kappa shape index (κ1) is 27.4. The number of carbonyl (C=O) groups is 1. The normalized spacial score (nSPS) is 11.6. The molecule has 0 fully saturated rings. The maximum absolute atomic E-state index is 14.4. The molecule has 0 saturated carbocycles. The molecule has 3 rings (SSSR count). The van der Waals surface area contributed by atoms with Crippen molar-refractivity contribution in [1.29, 1.82) is 5.26 Å². The van der Waals surface area contributed by atoms with E-state index in [-0.39, 0.29) is 17.8 Å². The molecule has 0 aliphatic rings. The molecule has 1 amide bonds. The van der Waals surface area contributed by atoms with E-state index in [9.17, 15) is 18.0 Å². The number of nitriles is 1. The number of anilines is 2. The SMILES string of the molecule is CNCCc1cccc(C(Nc2ccc(C#N)cc2)C(=O)N(C)Cc2cc(N)cc(F)c2OC(F)F)c1. The third-order valence-corrected chi connectivity index (χ3v) is 5.65. The quantitative estimate of drug-likeness (QED) is 0.329. The van der Waals surface area contributed by atoms with Gasteiger partial charge in [0, 0.05) is 36.6 Å². The predicted octanol–water partition coefficient (Wildman–Crippen LogP) is 4.45. The van der Waals surface area contributed by atoms with E-state index in [1.165, 1.54) is 18.0 Å². The summed E-state index contributed by atoms with van der Waals surface area (Å²) < 4.78 is 44.6. The highest BCUT2D eigenvalue weighted by Crippen LogP contribution is 2.30. The second-order valence-corrected chi connectivity index (χ2v) is 8.43. The number of nitrogens with zero attached hydrogens (tertiary/aromatic N) is 2. The van der Waals surface area contributed by atoms with E-state index < -0.39 is 30.1 Å². The topological polar surface area (TPSA) is 103 Å². The van der Waals surface area contributed by atoms with Gasteiger partial charge in [0.05, 0.1) is 11.6 Å². The maximum Gasteiger partial charge on any atom is 0.387 e. The number of carbonyl (C=O) groups excluding carboxylic acids is 1. The number of alkyl halides is 2. The van der Waals surface area contributed by atoms with Gasteiger partial charge in [-0.1, -0.05) is 24.3 Å². The number of amides is 1. The Labute approximate surface area is 213 Å². The molecule has 0 aliphatic carbocycles. The van der Waals surface area contributed by atoms with Crippen molar-refractivity contribution in [3.05, 3.63) is 88.7 Å². The number of likely N-dealkylation sites (N-methyl/N-ethyl adjacent to an activating group) is 2. The van der Waals surface area contributed by atoms with Crippen LogP contribution >= 0.6 is 0 Å². The lowest BCUT2D eigenvalue weighted by Crippen LogP contribution is -2.35. The lowest BCUT2D eigenvalue weighted by molar-refractivity contribution is -0.131. The number of hydrogen-bond acceptors (Lipinski definition) is 6. The predicted molar refractivity (Wildman–Crippen MR) is 136 cm³/mol. The van der Waals surface area contributed by atoms with Gasteiger partial charge in [0.15, 0.2) is 11.6 Å². The molecule has 0 heterocycles. The molecular weight excluding hydrogens is 483 g/mol. The molecule has 1 unspecified atom stereocenters. The Bertz CT molecular complexity index is 1260. The van der Waals surface area contributed by atoms with Gasteiger partial charge in [0.2, 0.25) is 5.91 Å². The molecule has 37 heavy (non-hydrogen) atoms. The van der Waals surface area contributed by atoms with Crippen LogP contribution < -0.4 is 21.1 Å². The second-order valence-electron chi connectivity index (χ2n) is 8.43. The Hall–Kier alpha value is -4.23. The zero-order valence-corrected chi connectivity index (χ0v) is 20.5. The molecule has 1 atom stereocenters. The zero-order chi connectivity index (χ0) is 26.9. The van der Waals surface area contributed by atoms with E-state index in [2.05, 4.69) is 15.4 Å². The highest BCUT2D eigenvalue weighted by Gasteiger charge is 2.26. The first-order valence-corrected chi connectivity index (χ1v) is 11.5. The van der Waals surface area contributed by atoms with Gasteiger partial charge in [0.25, 0.3) is 0 Å². The molecule has 3 aromatic carbocycles. The Morgan fingerprint density at radius 3 is 2.54 bits per heavy atom. The van der Waals surface area contributed by atoms with Crippen LogP contribution in [-0.4, -0.2) is 38.1 Å². The van der Waals surface area contributed by atoms with Crippen LogP contribution in [0.1, 0.15) is 28.3 Å². The summed E-state index contributed by atoms with van der Waals surface area (Å²) in [6.45, 7) is -2.73. The van der Waals surface area contributed by atoms with E-state index in [4.69, 9.17) is 11.0 Å². The Kier molecular flexibility index (Phi) is 9.35. The molecule has 7 nitrogen and oxygen atoms in total. The average molecular weight is 512 g/mol. The molecule has 0 aromatic heterocycles. The fourth-order valence-corrected chi connectivity index (χ4v) is 3.86. The van der Waals surface area contributed by atoms with Crippen LogP contribution in [0.2, 0.25) is 0 Å². The largest absolute Gasteiger partial charge is 0.431 e. The van der Waals surface area contributed by atoms with Gasteiger partial charge in [-0.3, -0.25) is 4.79 Å². The van der Waals surface area contributed by atoms with Gasteiger partial charge in [-0.2, -0.15) is 14.0 Å². The monoisotopic (exact) mass is 511 g/mol. The van der Waals surface area contributed by atoms with Gasteiger partial charge in [0.1, 0.15) is 6.04 Å². The van der Waals surface area contributed by atoms with Crippen LogP contribution in [0.3, 0.4) is 0 Å². The van der Waals surface area contributed by atoms with Crippen molar-refractivity contribution >= 4 is 17.3 Å². The summed E-state index contributed by atoms with van der Waals surface area (Å²) in [6, 6.07) is 17.5. The molecule has 0 saturated heterocycles. The van der Waals surface area contributed by atoms with Crippen molar-refractivity contribution in [3.8, 4) is 11.8 Å². The van der Waals surface area contributed by atoms with Crippen molar-refractivity contribution in [1.82, 2.24) is 10.2 Å². The molecule has 0 aliphatic heterocycles. The molecule has 10 heteroatoms. The molecule has 194 valence electrons. The Balaban J connectivity index is 1.94. The average Bonchev–Trinajstić information content (AvgIpc) is 2.88. The van der Waals surface area contributed by atoms with E-state index in [1.807, 2.05) is 31.3 Å². The zero-order valence-electron chi connectivity index (χ0n) is 20.5. The molecule has 3 aromatic rings. The number of nitrogens with two attached hydrogens (primary N) is 1. The van der Waals surface area contributed by atoms with Crippen LogP contribution in [0.25, 0.3) is 0 Å². The van der Waals surface area contributed by atoms with Crippen LogP contribution in [0.15, 0.2) is 60.7 Å². The summed E-state index contributed by atoms with van der Waals surface area (Å²) in [5, 5.41) is 15.4. The fourth-order valence-electron chi connectivity index (χ4n) is 3.86. The van der Waals surface area contributed by atoms with Crippen molar-refractivity contribution < 1.29 is 22.7 Å². The molecular formula is C27H28F3N5O2. The maximum atomic E-state index is 14.4. The van der Waals surface area contributed by atoms with Crippen molar-refractivity contribution in [2.75, 3.05) is 31.7 Å². The van der Waals surface area contributed by atoms with Crippen LogP contribution in [-0.2, 0) is 17.8 Å². The summed E-state index contributed by atoms with van der Waals surface area (Å²) in [5.74, 6) is -2.10. The summed E-state index contributed by atoms with van der Waals surface area (Å²) in [5.41, 5.74) is 8.50. The minimum absolute atomic E-state index is 0.00791. The van der Waals surface area contributed by atoms with Crippen LogP contribution in [0.5, 0.6) is 5.75 Å². The number of nitrogen functional groups attached to an aromatic ring is 1. The summed E-state index contributed by atoms with van der Waals surface area (Å²) in [4.78, 5) is 15.0. The van der Waals surface area contributed by atoms with Gasteiger partial charge in [-0.15, -0.1) is 0 Å². The van der Waals surface area contributed by atoms with E-state index >= 15 is 0 Å². The molecule has 0 spiro atoms. The highest BCUT2D eigenvalue weighted by atomic mass is 19.3. The second kappa shape index (κ2) is 12.6. The first-order chi connectivity index (χ1) is 17.7. The van der Waals surface area contributed by atoms with Gasteiger partial charge in [-0.05, 0) is 61.5 Å². The number of benzene rings is 3. The summed E-state index contributed by atoms with van der Waals surface area (Å²) in [6.07, 6.45) is 0.745. The minimum atomic E-state index is -3.25. The van der Waals surface area contributed by atoms with E-state index in [1.54, 1.807) is 30.3 Å². The summed E-state index contributed by atoms with van der Waals surface area (Å²) in [7, 11) is 3.33. The van der Waals surface area contributed by atoms with Gasteiger partial charge in [-0.25, -0.2) is 4.39 Å². The molecule has 0 radical (unpaired) electrons. The Morgan fingerprint density at radius 1 is 1.16 bits per heavy atom. The third kappa shape index (κ3) is 7.38. The van der Waals surface area contributed by atoms with E-state index in [0.717, 1.165) is 24.6 Å². The number of ether oxygens (including phenoxy) is 1. The standard InChI is InChI=1S/C27H28F3N5O2/c1-33-11-10-17-4-3-5-19(12-17)24(34-22-8-6-18(15-31)7-9-22)26(36)35(2)16-20-13-21(32)14-23(28)25(20)37-27(29)30/h3-9,12-14,24,27,33-34H,10-11,16,32H2,1-2H3.